The number of aliphatic hydroxyl groups excluding tert-OH is 4. The van der Waals surface area contributed by atoms with Gasteiger partial charge in [-0.1, -0.05) is 25.5 Å². The Morgan fingerprint density at radius 1 is 0.618 bits per heavy atom. The summed E-state index contributed by atoms with van der Waals surface area (Å²) in [6.07, 6.45) is -8.18. The van der Waals surface area contributed by atoms with E-state index in [0.29, 0.717) is 38.5 Å². The molecule has 19 heteroatoms. The lowest BCUT2D eigenvalue weighted by Crippen LogP contribution is -2.78. The topological polar surface area (TPSA) is 252 Å². The van der Waals surface area contributed by atoms with Crippen molar-refractivity contribution in [1.29, 1.82) is 0 Å². The van der Waals surface area contributed by atoms with Crippen molar-refractivity contribution in [2.75, 3.05) is 28.4 Å². The van der Waals surface area contributed by atoms with E-state index in [2.05, 4.69) is 6.92 Å². The molecule has 0 aromatic heterocycles. The van der Waals surface area contributed by atoms with Crippen LogP contribution in [0.1, 0.15) is 113 Å². The van der Waals surface area contributed by atoms with Gasteiger partial charge in [0, 0.05) is 53.6 Å². The molecule has 3 saturated carbocycles. The smallest absolute Gasteiger partial charge is 0.187 e. The molecule has 4 aliphatic carbocycles. The predicted octanol–water partition coefficient (Wildman–Crippen LogP) is 1.73. The van der Waals surface area contributed by atoms with Crippen LogP contribution in [0, 0.1) is 16.7 Å². The van der Waals surface area contributed by atoms with Crippen LogP contribution in [-0.2, 0) is 56.8 Å². The van der Waals surface area contributed by atoms with Gasteiger partial charge < -0.3 is 92.6 Å². The van der Waals surface area contributed by atoms with E-state index in [4.69, 9.17) is 56.8 Å². The van der Waals surface area contributed by atoms with Crippen molar-refractivity contribution in [2.45, 2.75) is 252 Å². The molecule has 26 unspecified atom stereocenters. The SMILES string of the molecule is COC1CC(OC2CCC3(C)C(=CCC4(O)C3CC(O)C3(C)C(O)(C(C)O)CCC43O)C2)OC(C)C1OC1CC(OC)C(OC2CC(OC)C(OC3OC(C)C(O)C(OC)C3O)C(C)O2)C(C)O1. The lowest BCUT2D eigenvalue weighted by atomic mass is 9.42. The second-order valence-electron chi connectivity index (χ2n) is 21.8. The molecule has 0 aromatic rings. The van der Waals surface area contributed by atoms with Gasteiger partial charge >= 0.3 is 0 Å². The van der Waals surface area contributed by atoms with Gasteiger partial charge in [0.1, 0.15) is 53.4 Å². The van der Waals surface area contributed by atoms with Gasteiger partial charge in [0.05, 0.1) is 66.5 Å². The van der Waals surface area contributed by atoms with Gasteiger partial charge in [-0.15, -0.1) is 0 Å². The molecule has 68 heavy (non-hydrogen) atoms. The summed E-state index contributed by atoms with van der Waals surface area (Å²) in [4.78, 5) is 0. The van der Waals surface area contributed by atoms with Crippen molar-refractivity contribution in [3.05, 3.63) is 11.6 Å². The van der Waals surface area contributed by atoms with Crippen LogP contribution in [0.2, 0.25) is 0 Å². The second-order valence-corrected chi connectivity index (χ2v) is 21.8. The summed E-state index contributed by atoms with van der Waals surface area (Å²) in [5.41, 5.74) is -6.12. The third kappa shape index (κ3) is 8.69. The first kappa shape index (κ1) is 53.3. The molecule has 4 saturated heterocycles. The second kappa shape index (κ2) is 20.0. The fourth-order valence-corrected chi connectivity index (χ4v) is 14.1. The maximum Gasteiger partial charge on any atom is 0.187 e. The summed E-state index contributed by atoms with van der Waals surface area (Å²) in [5.74, 6) is -0.475. The Hall–Kier alpha value is -1.02. The Labute approximate surface area is 400 Å². The van der Waals surface area contributed by atoms with Crippen LogP contribution in [-0.4, -0.2) is 204 Å². The maximum atomic E-state index is 12.6. The molecule has 8 aliphatic rings. The third-order valence-corrected chi connectivity index (χ3v) is 18.4. The normalized spacial score (nSPS) is 54.6. The zero-order valence-electron chi connectivity index (χ0n) is 41.8. The average Bonchev–Trinajstić information content (AvgIpc) is 3.53. The van der Waals surface area contributed by atoms with Crippen molar-refractivity contribution in [1.82, 2.24) is 0 Å². The highest BCUT2D eigenvalue weighted by Gasteiger charge is 2.80. The lowest BCUT2D eigenvalue weighted by molar-refractivity contribution is -0.356. The first-order valence-electron chi connectivity index (χ1n) is 25.0. The minimum Gasteiger partial charge on any atom is -0.392 e. The molecule has 7 fully saturated rings. The van der Waals surface area contributed by atoms with E-state index in [-0.39, 0.29) is 37.9 Å². The molecular formula is C49H82O19. The molecular weight excluding hydrogens is 893 g/mol. The van der Waals surface area contributed by atoms with E-state index < -0.39 is 144 Å². The van der Waals surface area contributed by atoms with Gasteiger partial charge in [0.15, 0.2) is 25.2 Å². The summed E-state index contributed by atoms with van der Waals surface area (Å²) in [6.45, 7) is 12.6. The highest BCUT2D eigenvalue weighted by molar-refractivity contribution is 5.36. The highest BCUT2D eigenvalue weighted by atomic mass is 16.8. The average molecular weight is 975 g/mol. The zero-order valence-corrected chi connectivity index (χ0v) is 41.8. The molecule has 8 rings (SSSR count). The largest absolute Gasteiger partial charge is 0.392 e. The molecule has 19 nitrogen and oxygen atoms in total. The fraction of sp³-hybridized carbons (Fsp3) is 0.959. The van der Waals surface area contributed by atoms with Crippen LogP contribution < -0.4 is 0 Å². The molecule has 7 N–H and O–H groups in total. The number of aliphatic hydroxyl groups is 7. The van der Waals surface area contributed by atoms with Crippen LogP contribution in [0.5, 0.6) is 0 Å². The van der Waals surface area contributed by atoms with Gasteiger partial charge in [0.25, 0.3) is 0 Å². The Kier molecular flexibility index (Phi) is 15.7. The summed E-state index contributed by atoms with van der Waals surface area (Å²) in [5, 5.41) is 80.5. The van der Waals surface area contributed by atoms with Crippen LogP contribution in [0.4, 0.5) is 0 Å². The van der Waals surface area contributed by atoms with Crippen molar-refractivity contribution in [2.24, 2.45) is 16.7 Å². The zero-order chi connectivity index (χ0) is 49.5. The Bertz CT molecular complexity index is 1760. The molecule has 0 radical (unpaired) electrons. The van der Waals surface area contributed by atoms with Crippen molar-refractivity contribution >= 4 is 0 Å². The Balaban J connectivity index is 0.849. The monoisotopic (exact) mass is 975 g/mol. The molecule has 26 atom stereocenters. The number of rotatable bonds is 13. The molecule has 0 bridgehead atoms. The summed E-state index contributed by atoms with van der Waals surface area (Å²) in [6, 6.07) is 0. The van der Waals surface area contributed by atoms with E-state index in [9.17, 15) is 35.7 Å². The Morgan fingerprint density at radius 3 is 1.63 bits per heavy atom. The number of hydrogen-bond donors (Lipinski definition) is 7. The number of fused-ring (bicyclic) bond motifs is 5. The van der Waals surface area contributed by atoms with E-state index >= 15 is 0 Å². The standard InChI is InChI=1S/C49H82O19/c1-23-38(52)43(60-11)39(53)44(64-23)68-42-26(4)63-37(21-32(42)59-10)67-41-25(3)62-36(20-31(41)58-9)66-40-24(2)61-35(19-30(40)57-8)65-29-13-14-45(6)28(18-29)12-15-48(55)33(45)22-34(51)46(7)47(54,27(5)50)16-17-49(46,48)56/h12,23-27,29-44,50-56H,13-22H2,1-11H3. The van der Waals surface area contributed by atoms with Crippen LogP contribution in [0.25, 0.3) is 0 Å². The van der Waals surface area contributed by atoms with Crippen molar-refractivity contribution in [3.8, 4) is 0 Å². The number of ether oxygens (including phenoxy) is 12. The number of methoxy groups -OCH3 is 4. The van der Waals surface area contributed by atoms with Gasteiger partial charge in [-0.25, -0.2) is 0 Å². The predicted molar refractivity (Wildman–Crippen MR) is 239 cm³/mol. The minimum atomic E-state index is -1.81. The van der Waals surface area contributed by atoms with Gasteiger partial charge in [0.2, 0.25) is 0 Å². The molecule has 4 heterocycles. The quantitative estimate of drug-likeness (QED) is 0.130. The van der Waals surface area contributed by atoms with E-state index in [1.54, 1.807) is 35.2 Å². The summed E-state index contributed by atoms with van der Waals surface area (Å²) in [7, 11) is 6.26. The van der Waals surface area contributed by atoms with E-state index in [1.165, 1.54) is 14.0 Å². The summed E-state index contributed by atoms with van der Waals surface area (Å²) >= 11 is 0. The Morgan fingerprint density at radius 2 is 1.13 bits per heavy atom. The summed E-state index contributed by atoms with van der Waals surface area (Å²) < 4.78 is 74.4. The van der Waals surface area contributed by atoms with Crippen molar-refractivity contribution < 1.29 is 92.6 Å². The molecule has 0 aromatic carbocycles. The van der Waals surface area contributed by atoms with Crippen molar-refractivity contribution in [3.63, 3.8) is 0 Å². The first-order valence-corrected chi connectivity index (χ1v) is 25.0. The van der Waals surface area contributed by atoms with Crippen LogP contribution >= 0.6 is 0 Å². The number of hydrogen-bond acceptors (Lipinski definition) is 19. The molecule has 392 valence electrons. The third-order valence-electron chi connectivity index (χ3n) is 18.4. The van der Waals surface area contributed by atoms with E-state index in [1.807, 2.05) is 26.8 Å². The molecule has 0 spiro atoms. The van der Waals surface area contributed by atoms with Gasteiger partial charge in [-0.05, 0) is 85.0 Å². The van der Waals surface area contributed by atoms with Crippen LogP contribution in [0.3, 0.4) is 0 Å². The minimum absolute atomic E-state index is 0.0643. The molecule has 4 aliphatic heterocycles. The first-order chi connectivity index (χ1) is 32.0. The van der Waals surface area contributed by atoms with E-state index in [0.717, 1.165) is 5.57 Å². The molecule has 0 amide bonds. The van der Waals surface area contributed by atoms with Crippen LogP contribution in [0.15, 0.2) is 11.6 Å². The lowest BCUT2D eigenvalue weighted by Gasteiger charge is -2.67. The maximum absolute atomic E-state index is 12.6. The highest BCUT2D eigenvalue weighted by Crippen LogP contribution is 2.70. The van der Waals surface area contributed by atoms with Gasteiger partial charge in [-0.3, -0.25) is 0 Å². The fourth-order valence-electron chi connectivity index (χ4n) is 14.1. The van der Waals surface area contributed by atoms with Gasteiger partial charge in [-0.2, -0.15) is 0 Å².